The third-order valence-corrected chi connectivity index (χ3v) is 8.44. The van der Waals surface area contributed by atoms with E-state index < -0.39 is 0 Å². The van der Waals surface area contributed by atoms with Gasteiger partial charge < -0.3 is 10.9 Å². The van der Waals surface area contributed by atoms with E-state index in [1.54, 1.807) is 0 Å². The highest BCUT2D eigenvalue weighted by Gasteiger charge is 2.11. The van der Waals surface area contributed by atoms with E-state index in [1.807, 2.05) is 24.3 Å². The Labute approximate surface area is 274 Å². The summed E-state index contributed by atoms with van der Waals surface area (Å²) in [7, 11) is 0. The summed E-state index contributed by atoms with van der Waals surface area (Å²) >= 11 is 0. The number of benzene rings is 2. The molecule has 0 aromatic heterocycles. The maximum absolute atomic E-state index is 6.28. The fourth-order valence-corrected chi connectivity index (χ4v) is 5.63. The molecule has 250 valence electrons. The minimum atomic E-state index is 0. The highest BCUT2D eigenvalue weighted by molar-refractivity contribution is 5.62. The van der Waals surface area contributed by atoms with Gasteiger partial charge in [0.2, 0.25) is 0 Å². The van der Waals surface area contributed by atoms with E-state index >= 15 is 0 Å². The first kappa shape index (κ1) is 41.8. The molecule has 2 aromatic rings. The van der Waals surface area contributed by atoms with Crippen LogP contribution in [0, 0.1) is 0 Å². The number of ether oxygens (including phenoxy) is 1. The second-order valence-electron chi connectivity index (χ2n) is 12.4. The molecule has 0 bridgehead atoms. The summed E-state index contributed by atoms with van der Waals surface area (Å²) in [6.07, 6.45) is 34.3. The van der Waals surface area contributed by atoms with Crippen molar-refractivity contribution in [2.75, 3.05) is 0 Å². The van der Waals surface area contributed by atoms with E-state index in [-0.39, 0.29) is 18.4 Å². The molecule has 2 rings (SSSR count). The van der Waals surface area contributed by atoms with Gasteiger partial charge in [0.25, 0.3) is 0 Å². The fraction of sp³-hybridized carbons (Fsp3) is 0.619. The molecule has 0 saturated heterocycles. The van der Waals surface area contributed by atoms with E-state index in [4.69, 9.17) is 4.74 Å². The highest BCUT2D eigenvalue weighted by Crippen LogP contribution is 2.19. The summed E-state index contributed by atoms with van der Waals surface area (Å²) in [5.74, 6) is 0. The number of hydrogen-bond donors (Lipinski definition) is 1. The molecular formula is C42H71NO. The Morgan fingerprint density at radius 2 is 0.727 bits per heavy atom. The van der Waals surface area contributed by atoms with Crippen LogP contribution in [0.4, 0.5) is 0 Å². The molecule has 2 atom stereocenters. The molecule has 0 spiro atoms. The van der Waals surface area contributed by atoms with Gasteiger partial charge in [-0.1, -0.05) is 215 Å². The molecule has 2 nitrogen and oxygen atoms in total. The van der Waals surface area contributed by atoms with Crippen LogP contribution in [0.5, 0.6) is 0 Å². The molecule has 0 radical (unpaired) electrons. The van der Waals surface area contributed by atoms with Crippen LogP contribution < -0.4 is 6.15 Å². The number of hydrogen-bond acceptors (Lipinski definition) is 2. The maximum Gasteiger partial charge on any atom is 0.0761 e. The van der Waals surface area contributed by atoms with Gasteiger partial charge in [-0.05, 0) is 24.0 Å². The average molecular weight is 606 g/mol. The third-order valence-electron chi connectivity index (χ3n) is 8.44. The van der Waals surface area contributed by atoms with Gasteiger partial charge in [-0.2, -0.15) is 0 Å². The van der Waals surface area contributed by atoms with Gasteiger partial charge in [0.15, 0.2) is 0 Å². The molecule has 3 N–H and O–H groups in total. The molecule has 2 heteroatoms. The second-order valence-corrected chi connectivity index (χ2v) is 12.4. The smallest absolute Gasteiger partial charge is 0.0761 e. The molecule has 0 aliphatic carbocycles. The minimum absolute atomic E-state index is 0. The van der Waals surface area contributed by atoms with Gasteiger partial charge in [0.05, 0.1) is 12.2 Å². The van der Waals surface area contributed by atoms with Gasteiger partial charge in [-0.15, -0.1) is 13.2 Å². The van der Waals surface area contributed by atoms with Gasteiger partial charge >= 0.3 is 0 Å². The summed E-state index contributed by atoms with van der Waals surface area (Å²) in [5.41, 5.74) is 2.55. The lowest BCUT2D eigenvalue weighted by molar-refractivity contribution is 0.0299. The first-order chi connectivity index (χ1) is 21.2. The van der Waals surface area contributed by atoms with Crippen molar-refractivity contribution >= 4 is 0 Å². The van der Waals surface area contributed by atoms with Crippen LogP contribution in [0.15, 0.2) is 86.0 Å². The number of unbranched alkanes of at least 4 members (excludes halogenated alkanes) is 18. The van der Waals surface area contributed by atoms with Crippen LogP contribution in [0.3, 0.4) is 0 Å². The highest BCUT2D eigenvalue weighted by atomic mass is 16.5. The van der Waals surface area contributed by atoms with Crippen molar-refractivity contribution in [3.63, 3.8) is 0 Å². The van der Waals surface area contributed by atoms with Crippen LogP contribution in [0.2, 0.25) is 0 Å². The monoisotopic (exact) mass is 606 g/mol. The van der Waals surface area contributed by atoms with Crippen molar-refractivity contribution in [3.8, 4) is 11.1 Å². The number of rotatable bonds is 27. The summed E-state index contributed by atoms with van der Waals surface area (Å²) in [6.45, 7) is 12.6. The van der Waals surface area contributed by atoms with Crippen molar-refractivity contribution in [1.82, 2.24) is 6.15 Å². The average Bonchev–Trinajstić information content (AvgIpc) is 3.06. The first-order valence-electron chi connectivity index (χ1n) is 18.3. The van der Waals surface area contributed by atoms with Crippen molar-refractivity contribution in [2.24, 2.45) is 0 Å². The minimum Gasteiger partial charge on any atom is -0.367 e. The predicted molar refractivity (Wildman–Crippen MR) is 199 cm³/mol. The van der Waals surface area contributed by atoms with Crippen LogP contribution >= 0.6 is 0 Å². The van der Waals surface area contributed by atoms with Gasteiger partial charge in [-0.3, -0.25) is 0 Å². The second kappa shape index (κ2) is 32.2. The molecule has 0 saturated carbocycles. The largest absolute Gasteiger partial charge is 0.367 e. The molecular weight excluding hydrogens is 534 g/mol. The third kappa shape index (κ3) is 24.2. The van der Waals surface area contributed by atoms with Crippen LogP contribution in [-0.2, 0) is 4.74 Å². The molecule has 0 fully saturated rings. The van der Waals surface area contributed by atoms with Crippen molar-refractivity contribution in [1.29, 1.82) is 0 Å². The summed E-state index contributed by atoms with van der Waals surface area (Å²) < 4.78 is 6.28. The lowest BCUT2D eigenvalue weighted by Gasteiger charge is -2.20. The molecule has 2 unspecified atom stereocenters. The first-order valence-corrected chi connectivity index (χ1v) is 18.3. The normalized spacial score (nSPS) is 12.0. The summed E-state index contributed by atoms with van der Waals surface area (Å²) in [4.78, 5) is 0. The van der Waals surface area contributed by atoms with Crippen LogP contribution in [0.1, 0.15) is 155 Å². The zero-order valence-corrected chi connectivity index (χ0v) is 29.2. The molecule has 2 aromatic carbocycles. The summed E-state index contributed by atoms with van der Waals surface area (Å²) in [6, 6.07) is 20.8. The summed E-state index contributed by atoms with van der Waals surface area (Å²) in [5, 5.41) is 0. The zero-order valence-electron chi connectivity index (χ0n) is 29.2. The SMILES string of the molecule is C=CC(CCCCCCCCCCCC)OC(C=C)CCCCCCCCCCCC.N.c1ccc(-c2ccccc2)cc1. The molecule has 0 aliphatic heterocycles. The maximum atomic E-state index is 6.28. The molecule has 0 heterocycles. The van der Waals surface area contributed by atoms with Gasteiger partial charge in [0.1, 0.15) is 0 Å². The standard InChI is InChI=1S/C30H58O.C12H10.H3N/c1-5-9-11-13-15-17-19-21-23-25-27-29(7-3)31-30(8-4)28-26-24-22-20-18-16-14-12-10-6-2;1-3-7-11(8-4-1)12-9-5-2-6-10-12;/h7-8,29-30H,3-6,9-28H2,1-2H3;1-10H;1H3. The van der Waals surface area contributed by atoms with E-state index in [9.17, 15) is 0 Å². The fourth-order valence-electron chi connectivity index (χ4n) is 5.63. The Balaban J connectivity index is 0.00000117. The van der Waals surface area contributed by atoms with Crippen molar-refractivity contribution in [3.05, 3.63) is 86.0 Å². The lowest BCUT2D eigenvalue weighted by atomic mass is 10.0. The Kier molecular flexibility index (Phi) is 30.7. The molecule has 44 heavy (non-hydrogen) atoms. The van der Waals surface area contributed by atoms with E-state index in [2.05, 4.69) is 75.5 Å². The van der Waals surface area contributed by atoms with Crippen molar-refractivity contribution < 1.29 is 4.74 Å². The van der Waals surface area contributed by atoms with Crippen LogP contribution in [-0.4, -0.2) is 12.2 Å². The van der Waals surface area contributed by atoms with Crippen molar-refractivity contribution in [2.45, 2.75) is 167 Å². The van der Waals surface area contributed by atoms with E-state index in [0.717, 1.165) is 12.8 Å². The van der Waals surface area contributed by atoms with Gasteiger partial charge in [-0.25, -0.2) is 0 Å². The topological polar surface area (TPSA) is 44.2 Å². The Morgan fingerprint density at radius 3 is 1.00 bits per heavy atom. The Hall–Kier alpha value is -2.16. The van der Waals surface area contributed by atoms with Gasteiger partial charge in [0, 0.05) is 0 Å². The zero-order chi connectivity index (χ0) is 31.1. The van der Waals surface area contributed by atoms with Crippen LogP contribution in [0.25, 0.3) is 11.1 Å². The van der Waals surface area contributed by atoms with E-state index in [0.29, 0.717) is 0 Å². The Bertz CT molecular complexity index is 777. The molecule has 0 amide bonds. The van der Waals surface area contributed by atoms with E-state index in [1.165, 1.54) is 140 Å². The lowest BCUT2D eigenvalue weighted by Crippen LogP contribution is -2.19. The quantitative estimate of drug-likeness (QED) is 0.0813. The predicted octanol–water partition coefficient (Wildman–Crippen LogP) is 14.2. The Morgan fingerprint density at radius 1 is 0.455 bits per heavy atom. The molecule has 0 aliphatic rings.